The van der Waals surface area contributed by atoms with E-state index in [2.05, 4.69) is 5.32 Å². The summed E-state index contributed by atoms with van der Waals surface area (Å²) in [6.45, 7) is 2.73. The van der Waals surface area contributed by atoms with E-state index < -0.39 is 10.0 Å². The van der Waals surface area contributed by atoms with Gasteiger partial charge in [-0.3, -0.25) is 0 Å². The van der Waals surface area contributed by atoms with E-state index in [0.29, 0.717) is 25.3 Å². The van der Waals surface area contributed by atoms with Crippen LogP contribution in [0, 0.1) is 0 Å². The van der Waals surface area contributed by atoms with Gasteiger partial charge >= 0.3 is 0 Å². The molecule has 106 valence electrons. The fraction of sp³-hybridized carbons (Fsp3) is 1.00. The topological polar surface area (TPSA) is 58.6 Å². The molecule has 2 fully saturated rings. The zero-order valence-corrected chi connectivity index (χ0v) is 12.1. The van der Waals surface area contributed by atoms with Gasteiger partial charge in [0.1, 0.15) is 0 Å². The predicted molar refractivity (Wildman–Crippen MR) is 71.0 cm³/mol. The van der Waals surface area contributed by atoms with Crippen LogP contribution in [0.5, 0.6) is 0 Å². The molecule has 2 rings (SSSR count). The highest BCUT2D eigenvalue weighted by atomic mass is 32.2. The molecular weight excluding hydrogens is 252 g/mol. The Hall–Kier alpha value is -0.170. The first-order valence-corrected chi connectivity index (χ1v) is 8.43. The number of fused-ring (bicyclic) bond motifs is 2. The third kappa shape index (κ3) is 3.23. The molecule has 2 atom stereocenters. The van der Waals surface area contributed by atoms with E-state index in [4.69, 9.17) is 4.74 Å². The van der Waals surface area contributed by atoms with Crippen LogP contribution in [-0.2, 0) is 14.8 Å². The first-order valence-electron chi connectivity index (χ1n) is 6.82. The lowest BCUT2D eigenvalue weighted by molar-refractivity contribution is 0.161. The minimum absolute atomic E-state index is 0.0939. The Bertz CT molecular complexity index is 360. The third-order valence-electron chi connectivity index (χ3n) is 4.09. The van der Waals surface area contributed by atoms with E-state index in [1.807, 2.05) is 6.92 Å². The summed E-state index contributed by atoms with van der Waals surface area (Å²) in [6, 6.07) is 1.19. The normalized spacial score (nSPS) is 32.1. The van der Waals surface area contributed by atoms with Gasteiger partial charge in [-0.1, -0.05) is 0 Å². The fourth-order valence-corrected chi connectivity index (χ4v) is 4.25. The third-order valence-corrected chi connectivity index (χ3v) is 5.95. The van der Waals surface area contributed by atoms with Crippen molar-refractivity contribution in [3.63, 3.8) is 0 Å². The van der Waals surface area contributed by atoms with Crippen molar-refractivity contribution < 1.29 is 13.2 Å². The van der Waals surface area contributed by atoms with Gasteiger partial charge in [0.2, 0.25) is 10.0 Å². The Labute approximate surface area is 110 Å². The van der Waals surface area contributed by atoms with E-state index in [1.54, 1.807) is 11.4 Å². The van der Waals surface area contributed by atoms with Gasteiger partial charge in [-0.05, 0) is 32.6 Å². The van der Waals surface area contributed by atoms with Gasteiger partial charge in [0.05, 0.1) is 12.4 Å². The largest absolute Gasteiger partial charge is 0.381 e. The van der Waals surface area contributed by atoms with Crippen molar-refractivity contribution >= 4 is 10.0 Å². The molecule has 0 saturated carbocycles. The highest BCUT2D eigenvalue weighted by molar-refractivity contribution is 7.89. The summed E-state index contributed by atoms with van der Waals surface area (Å²) in [4.78, 5) is 0. The summed E-state index contributed by atoms with van der Waals surface area (Å²) >= 11 is 0. The maximum Gasteiger partial charge on any atom is 0.216 e. The van der Waals surface area contributed by atoms with Crippen LogP contribution in [0.3, 0.4) is 0 Å². The minimum atomic E-state index is -3.17. The molecule has 0 spiro atoms. The molecule has 2 heterocycles. The molecule has 0 aromatic rings. The van der Waals surface area contributed by atoms with Crippen molar-refractivity contribution in [2.45, 2.75) is 50.7 Å². The lowest BCUT2D eigenvalue weighted by atomic mass is 10.0. The minimum Gasteiger partial charge on any atom is -0.381 e. The average Bonchev–Trinajstić information content (AvgIpc) is 2.67. The van der Waals surface area contributed by atoms with Gasteiger partial charge < -0.3 is 10.1 Å². The second kappa shape index (κ2) is 5.86. The van der Waals surface area contributed by atoms with Crippen molar-refractivity contribution in [2.75, 3.05) is 26.0 Å². The summed E-state index contributed by atoms with van der Waals surface area (Å²) < 4.78 is 31.1. The molecule has 2 aliphatic heterocycles. The molecule has 0 radical (unpaired) electrons. The van der Waals surface area contributed by atoms with Crippen molar-refractivity contribution in [3.8, 4) is 0 Å². The molecule has 18 heavy (non-hydrogen) atoms. The molecule has 2 unspecified atom stereocenters. The van der Waals surface area contributed by atoms with Crippen LogP contribution in [0.1, 0.15) is 32.6 Å². The zero-order chi connectivity index (χ0) is 13.2. The maximum absolute atomic E-state index is 12.2. The molecule has 6 heteroatoms. The van der Waals surface area contributed by atoms with Crippen molar-refractivity contribution in [2.24, 2.45) is 0 Å². The molecule has 2 bridgehead atoms. The van der Waals surface area contributed by atoms with Crippen LogP contribution >= 0.6 is 0 Å². The number of nitrogens with one attached hydrogen (secondary N) is 1. The van der Waals surface area contributed by atoms with Gasteiger partial charge in [-0.25, -0.2) is 12.7 Å². The summed E-state index contributed by atoms with van der Waals surface area (Å²) in [5, 5.41) is 3.53. The zero-order valence-electron chi connectivity index (χ0n) is 11.3. The number of rotatable bonds is 6. The molecular formula is C12H24N2O3S. The Kier molecular flexibility index (Phi) is 4.64. The van der Waals surface area contributed by atoms with Crippen molar-refractivity contribution in [1.29, 1.82) is 0 Å². The molecule has 5 nitrogen and oxygen atoms in total. The van der Waals surface area contributed by atoms with E-state index in [-0.39, 0.29) is 11.8 Å². The smallest absolute Gasteiger partial charge is 0.216 e. The Morgan fingerprint density at radius 3 is 2.44 bits per heavy atom. The van der Waals surface area contributed by atoms with Crippen LogP contribution < -0.4 is 5.32 Å². The average molecular weight is 276 g/mol. The molecule has 2 aliphatic rings. The second-order valence-electron chi connectivity index (χ2n) is 5.29. The Balaban J connectivity index is 1.91. The van der Waals surface area contributed by atoms with Gasteiger partial charge in [0, 0.05) is 31.8 Å². The Morgan fingerprint density at radius 2 is 1.89 bits per heavy atom. The van der Waals surface area contributed by atoms with Crippen LogP contribution in [0.25, 0.3) is 0 Å². The van der Waals surface area contributed by atoms with Crippen molar-refractivity contribution in [1.82, 2.24) is 9.62 Å². The number of ether oxygens (including phenoxy) is 1. The Morgan fingerprint density at radius 1 is 1.28 bits per heavy atom. The molecule has 0 amide bonds. The number of hydrogen-bond donors (Lipinski definition) is 1. The predicted octanol–water partition coefficient (Wildman–Crippen LogP) is 0.568. The lowest BCUT2D eigenvalue weighted by Gasteiger charge is -2.34. The second-order valence-corrected chi connectivity index (χ2v) is 7.44. The highest BCUT2D eigenvalue weighted by Gasteiger charge is 2.38. The number of piperidine rings is 1. The van der Waals surface area contributed by atoms with Crippen LogP contribution in [0.4, 0.5) is 0 Å². The van der Waals surface area contributed by atoms with Gasteiger partial charge in [-0.15, -0.1) is 0 Å². The number of sulfonamides is 1. The van der Waals surface area contributed by atoms with E-state index in [0.717, 1.165) is 12.8 Å². The monoisotopic (exact) mass is 276 g/mol. The van der Waals surface area contributed by atoms with E-state index in [9.17, 15) is 8.42 Å². The maximum atomic E-state index is 12.2. The fourth-order valence-electron chi connectivity index (χ4n) is 3.00. The van der Waals surface area contributed by atoms with Crippen LogP contribution in [-0.4, -0.2) is 56.9 Å². The van der Waals surface area contributed by atoms with E-state index in [1.165, 1.54) is 12.8 Å². The van der Waals surface area contributed by atoms with Crippen molar-refractivity contribution in [3.05, 3.63) is 0 Å². The lowest BCUT2D eigenvalue weighted by Crippen LogP contribution is -2.49. The standard InChI is InChI=1S/C12H24N2O3S/c1-3-17-6-7-18(15,16)14(2)12-8-10-4-5-11(9-12)13-10/h10-13H,3-9H2,1-2H3. The quantitative estimate of drug-likeness (QED) is 0.721. The van der Waals surface area contributed by atoms with Gasteiger partial charge in [-0.2, -0.15) is 0 Å². The first-order chi connectivity index (χ1) is 8.53. The van der Waals surface area contributed by atoms with Gasteiger partial charge in [0.15, 0.2) is 0 Å². The summed E-state index contributed by atoms with van der Waals surface area (Å²) in [5.74, 6) is 0.0939. The molecule has 1 N–H and O–H groups in total. The molecule has 2 saturated heterocycles. The summed E-state index contributed by atoms with van der Waals surface area (Å²) in [6.07, 6.45) is 4.27. The van der Waals surface area contributed by atoms with Gasteiger partial charge in [0.25, 0.3) is 0 Å². The van der Waals surface area contributed by atoms with Crippen LogP contribution in [0.2, 0.25) is 0 Å². The number of hydrogen-bond acceptors (Lipinski definition) is 4. The molecule has 0 aromatic carbocycles. The van der Waals surface area contributed by atoms with E-state index >= 15 is 0 Å². The van der Waals surface area contributed by atoms with Crippen LogP contribution in [0.15, 0.2) is 0 Å². The SMILES string of the molecule is CCOCCS(=O)(=O)N(C)C1CC2CCC(C1)N2. The molecule has 0 aromatic heterocycles. The first kappa shape index (κ1) is 14.2. The number of nitrogens with zero attached hydrogens (tertiary/aromatic N) is 1. The summed E-state index contributed by atoms with van der Waals surface area (Å²) in [5.41, 5.74) is 0. The summed E-state index contributed by atoms with van der Waals surface area (Å²) in [7, 11) is -1.45. The highest BCUT2D eigenvalue weighted by Crippen LogP contribution is 2.30. The molecule has 0 aliphatic carbocycles.